The first-order chi connectivity index (χ1) is 8.91. The fraction of sp³-hybridized carbons (Fsp3) is 0.750. The molecule has 0 radical (unpaired) electrons. The summed E-state index contributed by atoms with van der Waals surface area (Å²) in [6.07, 6.45) is 3.51. The zero-order valence-electron chi connectivity index (χ0n) is 11.3. The Balaban J connectivity index is 1.89. The SMILES string of the molecule is Cc1c(S(=O)(=O)N2CC3CCC(N)C3C2)cnn1C. The van der Waals surface area contributed by atoms with Gasteiger partial charge >= 0.3 is 0 Å². The van der Waals surface area contributed by atoms with Crippen LogP contribution in [-0.4, -0.2) is 41.6 Å². The van der Waals surface area contributed by atoms with E-state index in [1.54, 1.807) is 23.0 Å². The maximum atomic E-state index is 12.6. The van der Waals surface area contributed by atoms with Crippen LogP contribution in [0, 0.1) is 18.8 Å². The van der Waals surface area contributed by atoms with E-state index in [-0.39, 0.29) is 6.04 Å². The molecule has 2 heterocycles. The molecule has 1 aliphatic carbocycles. The average Bonchev–Trinajstić information content (AvgIpc) is 2.99. The van der Waals surface area contributed by atoms with Crippen molar-refractivity contribution in [1.29, 1.82) is 0 Å². The fourth-order valence-corrected chi connectivity index (χ4v) is 5.05. The van der Waals surface area contributed by atoms with E-state index in [2.05, 4.69) is 5.10 Å². The van der Waals surface area contributed by atoms with Gasteiger partial charge in [-0.05, 0) is 31.6 Å². The van der Waals surface area contributed by atoms with Crippen molar-refractivity contribution in [2.24, 2.45) is 24.6 Å². The maximum Gasteiger partial charge on any atom is 0.246 e. The third-order valence-electron chi connectivity index (χ3n) is 4.69. The second-order valence-corrected chi connectivity index (χ2v) is 7.61. The molecule has 6 nitrogen and oxygen atoms in total. The van der Waals surface area contributed by atoms with Crippen LogP contribution in [-0.2, 0) is 17.1 Å². The molecule has 0 aromatic carbocycles. The lowest BCUT2D eigenvalue weighted by Gasteiger charge is -2.18. The van der Waals surface area contributed by atoms with Crippen molar-refractivity contribution in [2.45, 2.75) is 30.7 Å². The summed E-state index contributed by atoms with van der Waals surface area (Å²) < 4.78 is 28.5. The molecule has 19 heavy (non-hydrogen) atoms. The molecule has 106 valence electrons. The molecule has 7 heteroatoms. The van der Waals surface area contributed by atoms with Crippen LogP contribution in [0.15, 0.2) is 11.1 Å². The summed E-state index contributed by atoms with van der Waals surface area (Å²) in [5.74, 6) is 0.758. The van der Waals surface area contributed by atoms with Crippen molar-refractivity contribution in [2.75, 3.05) is 13.1 Å². The van der Waals surface area contributed by atoms with Gasteiger partial charge in [-0.3, -0.25) is 4.68 Å². The van der Waals surface area contributed by atoms with Crippen LogP contribution in [0.4, 0.5) is 0 Å². The van der Waals surface area contributed by atoms with Gasteiger partial charge in [0.25, 0.3) is 0 Å². The predicted octanol–water partition coefficient (Wildman–Crippen LogP) is 0.0863. The van der Waals surface area contributed by atoms with E-state index in [0.29, 0.717) is 35.5 Å². The summed E-state index contributed by atoms with van der Waals surface area (Å²) in [6.45, 7) is 2.94. The van der Waals surface area contributed by atoms with Gasteiger partial charge in [0.15, 0.2) is 0 Å². The molecule has 3 atom stereocenters. The Labute approximate surface area is 113 Å². The number of aromatic nitrogens is 2. The van der Waals surface area contributed by atoms with Crippen LogP contribution in [0.2, 0.25) is 0 Å². The van der Waals surface area contributed by atoms with E-state index in [4.69, 9.17) is 5.73 Å². The molecule has 1 aromatic heterocycles. The van der Waals surface area contributed by atoms with Gasteiger partial charge in [-0.15, -0.1) is 0 Å². The molecule has 1 saturated heterocycles. The van der Waals surface area contributed by atoms with Crippen molar-refractivity contribution >= 4 is 10.0 Å². The average molecular weight is 284 g/mol. The lowest BCUT2D eigenvalue weighted by molar-refractivity contribution is 0.426. The zero-order chi connectivity index (χ0) is 13.8. The highest BCUT2D eigenvalue weighted by atomic mass is 32.2. The zero-order valence-corrected chi connectivity index (χ0v) is 12.1. The quantitative estimate of drug-likeness (QED) is 0.834. The fourth-order valence-electron chi connectivity index (χ4n) is 3.33. The molecule has 0 bridgehead atoms. The molecule has 2 aliphatic rings. The molecule has 1 aliphatic heterocycles. The van der Waals surface area contributed by atoms with Gasteiger partial charge in [-0.1, -0.05) is 0 Å². The smallest absolute Gasteiger partial charge is 0.246 e. The molecule has 1 aromatic rings. The highest BCUT2D eigenvalue weighted by molar-refractivity contribution is 7.89. The van der Waals surface area contributed by atoms with Crippen molar-refractivity contribution in [3.63, 3.8) is 0 Å². The monoisotopic (exact) mass is 284 g/mol. The number of hydrogen-bond donors (Lipinski definition) is 1. The Bertz CT molecular complexity index is 595. The van der Waals surface area contributed by atoms with Crippen LogP contribution in [0.1, 0.15) is 18.5 Å². The summed E-state index contributed by atoms with van der Waals surface area (Å²) in [6, 6.07) is 0.153. The van der Waals surface area contributed by atoms with Gasteiger partial charge in [0, 0.05) is 26.2 Å². The number of hydrogen-bond acceptors (Lipinski definition) is 4. The molecule has 1 saturated carbocycles. The first-order valence-corrected chi connectivity index (χ1v) is 8.09. The van der Waals surface area contributed by atoms with E-state index in [9.17, 15) is 8.42 Å². The van der Waals surface area contributed by atoms with Crippen LogP contribution in [0.3, 0.4) is 0 Å². The van der Waals surface area contributed by atoms with Crippen LogP contribution < -0.4 is 5.73 Å². The Hall–Kier alpha value is -0.920. The number of nitrogens with zero attached hydrogens (tertiary/aromatic N) is 3. The van der Waals surface area contributed by atoms with Crippen LogP contribution >= 0.6 is 0 Å². The van der Waals surface area contributed by atoms with Crippen molar-refractivity contribution < 1.29 is 8.42 Å². The van der Waals surface area contributed by atoms with E-state index in [1.165, 1.54) is 6.20 Å². The summed E-state index contributed by atoms with van der Waals surface area (Å²) in [4.78, 5) is 0.323. The predicted molar refractivity (Wildman–Crippen MR) is 70.9 cm³/mol. The summed E-state index contributed by atoms with van der Waals surface area (Å²) >= 11 is 0. The maximum absolute atomic E-state index is 12.6. The second kappa shape index (κ2) is 4.29. The van der Waals surface area contributed by atoms with E-state index in [1.807, 2.05) is 0 Å². The third kappa shape index (κ3) is 1.91. The second-order valence-electron chi connectivity index (χ2n) is 5.70. The first-order valence-electron chi connectivity index (χ1n) is 6.65. The highest BCUT2D eigenvalue weighted by Gasteiger charge is 2.45. The summed E-state index contributed by atoms with van der Waals surface area (Å²) in [5.41, 5.74) is 6.74. The lowest BCUT2D eigenvalue weighted by atomic mass is 9.98. The van der Waals surface area contributed by atoms with Gasteiger partial charge in [0.05, 0.1) is 11.9 Å². The molecule has 0 amide bonds. The molecule has 2 fully saturated rings. The highest BCUT2D eigenvalue weighted by Crippen LogP contribution is 2.39. The Kier molecular flexibility index (Phi) is 2.95. The molecule has 0 spiro atoms. The molecular formula is C12H20N4O2S. The third-order valence-corrected chi connectivity index (χ3v) is 6.62. The van der Waals surface area contributed by atoms with Gasteiger partial charge < -0.3 is 5.73 Å². The summed E-state index contributed by atoms with van der Waals surface area (Å²) in [5, 5.41) is 4.03. The molecule has 3 unspecified atom stereocenters. The standard InChI is InChI=1S/C12H20N4O2S/c1-8-12(5-14-15(8)2)19(17,18)16-6-9-3-4-11(13)10(9)7-16/h5,9-11H,3-4,6-7,13H2,1-2H3. The minimum atomic E-state index is -3.42. The van der Waals surface area contributed by atoms with E-state index in [0.717, 1.165) is 12.8 Å². The van der Waals surface area contributed by atoms with Crippen molar-refractivity contribution in [3.05, 3.63) is 11.9 Å². The lowest BCUT2D eigenvalue weighted by Crippen LogP contribution is -2.33. The van der Waals surface area contributed by atoms with Gasteiger partial charge in [-0.2, -0.15) is 9.40 Å². The molecular weight excluding hydrogens is 264 g/mol. The minimum absolute atomic E-state index is 0.153. The normalized spacial score (nSPS) is 31.8. The van der Waals surface area contributed by atoms with Crippen molar-refractivity contribution in [3.8, 4) is 0 Å². The Morgan fingerprint density at radius 2 is 2.11 bits per heavy atom. The van der Waals surface area contributed by atoms with Crippen LogP contribution in [0.5, 0.6) is 0 Å². The topological polar surface area (TPSA) is 81.2 Å². The van der Waals surface area contributed by atoms with Gasteiger partial charge in [0.1, 0.15) is 4.90 Å². The number of sulfonamides is 1. The Morgan fingerprint density at radius 3 is 2.68 bits per heavy atom. The number of aryl methyl sites for hydroxylation is 1. The number of rotatable bonds is 2. The first kappa shape index (κ1) is 13.1. The molecule has 3 rings (SSSR count). The van der Waals surface area contributed by atoms with Gasteiger partial charge in [-0.25, -0.2) is 8.42 Å². The van der Waals surface area contributed by atoms with Crippen LogP contribution in [0.25, 0.3) is 0 Å². The summed E-state index contributed by atoms with van der Waals surface area (Å²) in [7, 11) is -1.67. The number of fused-ring (bicyclic) bond motifs is 1. The van der Waals surface area contributed by atoms with E-state index < -0.39 is 10.0 Å². The largest absolute Gasteiger partial charge is 0.327 e. The molecule has 2 N–H and O–H groups in total. The Morgan fingerprint density at radius 1 is 1.37 bits per heavy atom. The van der Waals surface area contributed by atoms with Gasteiger partial charge in [0.2, 0.25) is 10.0 Å². The number of nitrogens with two attached hydrogens (primary N) is 1. The van der Waals surface area contributed by atoms with Crippen molar-refractivity contribution in [1.82, 2.24) is 14.1 Å². The van der Waals surface area contributed by atoms with E-state index >= 15 is 0 Å². The minimum Gasteiger partial charge on any atom is -0.327 e.